The normalized spacial score (nSPS) is 16.6. The number of rotatable bonds is 4. The number of piperidine rings is 1. The zero-order valence-electron chi connectivity index (χ0n) is 12.9. The third kappa shape index (κ3) is 3.73. The molecule has 2 rings (SSSR count). The number of benzene rings is 1. The number of anilines is 1. The molecular weight excluding hydrogens is 232 g/mol. The summed E-state index contributed by atoms with van der Waals surface area (Å²) in [6, 6.07) is 4.59. The molecule has 2 nitrogen and oxygen atoms in total. The summed E-state index contributed by atoms with van der Waals surface area (Å²) < 4.78 is 0. The van der Waals surface area contributed by atoms with Crippen LogP contribution in [-0.2, 0) is 0 Å². The van der Waals surface area contributed by atoms with Gasteiger partial charge in [-0.25, -0.2) is 0 Å². The van der Waals surface area contributed by atoms with E-state index in [1.54, 1.807) is 0 Å². The maximum atomic E-state index is 3.44. The molecule has 19 heavy (non-hydrogen) atoms. The molecule has 0 aliphatic carbocycles. The van der Waals surface area contributed by atoms with E-state index < -0.39 is 0 Å². The molecule has 2 heteroatoms. The van der Waals surface area contributed by atoms with Crippen molar-refractivity contribution in [2.45, 2.75) is 40.0 Å². The van der Waals surface area contributed by atoms with E-state index >= 15 is 0 Å². The van der Waals surface area contributed by atoms with Crippen molar-refractivity contribution >= 4 is 5.69 Å². The second kappa shape index (κ2) is 6.42. The monoisotopic (exact) mass is 260 g/mol. The van der Waals surface area contributed by atoms with Gasteiger partial charge in [-0.3, -0.25) is 0 Å². The standard InChI is InChI=1S/C17H28N2/c1-13-11-14(2)17(15(3)12-13)19(4)10-7-16-5-8-18-9-6-16/h11-12,16,18H,5-10H2,1-4H3. The summed E-state index contributed by atoms with van der Waals surface area (Å²) in [4.78, 5) is 2.45. The van der Waals surface area contributed by atoms with E-state index in [-0.39, 0.29) is 0 Å². The van der Waals surface area contributed by atoms with E-state index in [0.29, 0.717) is 0 Å². The summed E-state index contributed by atoms with van der Waals surface area (Å²) in [7, 11) is 2.24. The highest BCUT2D eigenvalue weighted by atomic mass is 15.1. The molecule has 1 heterocycles. The third-order valence-electron chi connectivity index (χ3n) is 4.35. The summed E-state index contributed by atoms with van der Waals surface area (Å²) in [6.07, 6.45) is 4.02. The molecule has 1 aromatic carbocycles. The molecule has 0 radical (unpaired) electrons. The number of nitrogens with one attached hydrogen (secondary N) is 1. The molecule has 0 amide bonds. The molecule has 1 saturated heterocycles. The van der Waals surface area contributed by atoms with E-state index in [2.05, 4.69) is 50.2 Å². The van der Waals surface area contributed by atoms with Crippen molar-refractivity contribution in [3.8, 4) is 0 Å². The average Bonchev–Trinajstić information content (AvgIpc) is 2.36. The summed E-state index contributed by atoms with van der Waals surface area (Å²) in [6.45, 7) is 10.2. The molecule has 1 fully saturated rings. The molecule has 0 aromatic heterocycles. The Morgan fingerprint density at radius 1 is 1.11 bits per heavy atom. The van der Waals surface area contributed by atoms with Crippen molar-refractivity contribution in [3.05, 3.63) is 28.8 Å². The lowest BCUT2D eigenvalue weighted by atomic mass is 9.94. The highest BCUT2D eigenvalue weighted by Crippen LogP contribution is 2.26. The molecular formula is C17H28N2. The minimum absolute atomic E-state index is 0.912. The van der Waals surface area contributed by atoms with Gasteiger partial charge in [-0.1, -0.05) is 17.7 Å². The lowest BCUT2D eigenvalue weighted by Gasteiger charge is -2.28. The minimum Gasteiger partial charge on any atom is -0.374 e. The number of hydrogen-bond donors (Lipinski definition) is 1. The molecule has 0 bridgehead atoms. The van der Waals surface area contributed by atoms with Gasteiger partial charge in [0.25, 0.3) is 0 Å². The molecule has 1 aliphatic heterocycles. The Hall–Kier alpha value is -1.02. The molecule has 1 aromatic rings. The van der Waals surface area contributed by atoms with E-state index in [1.807, 2.05) is 0 Å². The maximum Gasteiger partial charge on any atom is 0.0423 e. The molecule has 0 unspecified atom stereocenters. The third-order valence-corrected chi connectivity index (χ3v) is 4.35. The first-order chi connectivity index (χ1) is 9.08. The maximum absolute atomic E-state index is 3.44. The van der Waals surface area contributed by atoms with Gasteiger partial charge in [0, 0.05) is 19.3 Å². The largest absolute Gasteiger partial charge is 0.374 e. The Morgan fingerprint density at radius 3 is 2.26 bits per heavy atom. The lowest BCUT2D eigenvalue weighted by molar-refractivity contribution is 0.356. The predicted molar refractivity (Wildman–Crippen MR) is 84.1 cm³/mol. The summed E-state index contributed by atoms with van der Waals surface area (Å²) in [5, 5.41) is 3.44. The lowest BCUT2D eigenvalue weighted by Crippen LogP contribution is -2.30. The van der Waals surface area contributed by atoms with Crippen LogP contribution in [0.5, 0.6) is 0 Å². The topological polar surface area (TPSA) is 15.3 Å². The van der Waals surface area contributed by atoms with Crippen LogP contribution in [0.4, 0.5) is 5.69 Å². The van der Waals surface area contributed by atoms with Gasteiger partial charge in [-0.2, -0.15) is 0 Å². The van der Waals surface area contributed by atoms with Gasteiger partial charge < -0.3 is 10.2 Å². The molecule has 0 spiro atoms. The minimum atomic E-state index is 0.912. The van der Waals surface area contributed by atoms with Crippen LogP contribution in [0.2, 0.25) is 0 Å². The van der Waals surface area contributed by atoms with E-state index in [4.69, 9.17) is 0 Å². The van der Waals surface area contributed by atoms with Gasteiger partial charge in [0.05, 0.1) is 0 Å². The van der Waals surface area contributed by atoms with Gasteiger partial charge in [-0.15, -0.1) is 0 Å². The fraction of sp³-hybridized carbons (Fsp3) is 0.647. The van der Waals surface area contributed by atoms with Gasteiger partial charge >= 0.3 is 0 Å². The van der Waals surface area contributed by atoms with Crippen LogP contribution >= 0.6 is 0 Å². The van der Waals surface area contributed by atoms with Gasteiger partial charge in [0.15, 0.2) is 0 Å². The van der Waals surface area contributed by atoms with Crippen molar-refractivity contribution in [2.24, 2.45) is 5.92 Å². The van der Waals surface area contributed by atoms with Crippen LogP contribution in [0.15, 0.2) is 12.1 Å². The Balaban J connectivity index is 1.97. The van der Waals surface area contributed by atoms with Crippen molar-refractivity contribution in [3.63, 3.8) is 0 Å². The van der Waals surface area contributed by atoms with Crippen LogP contribution in [0.25, 0.3) is 0 Å². The highest BCUT2D eigenvalue weighted by Gasteiger charge is 2.15. The van der Waals surface area contributed by atoms with Crippen LogP contribution in [0.1, 0.15) is 36.0 Å². The van der Waals surface area contributed by atoms with Crippen LogP contribution in [0.3, 0.4) is 0 Å². The zero-order valence-corrected chi connectivity index (χ0v) is 12.9. The predicted octanol–water partition coefficient (Wildman–Crippen LogP) is 3.44. The first-order valence-electron chi connectivity index (χ1n) is 7.57. The van der Waals surface area contributed by atoms with Crippen molar-refractivity contribution in [1.29, 1.82) is 0 Å². The average molecular weight is 260 g/mol. The summed E-state index contributed by atoms with van der Waals surface area (Å²) in [5.74, 6) is 0.912. The van der Waals surface area contributed by atoms with Gasteiger partial charge in [0.1, 0.15) is 0 Å². The van der Waals surface area contributed by atoms with E-state index in [1.165, 1.54) is 61.3 Å². The van der Waals surface area contributed by atoms with Crippen molar-refractivity contribution < 1.29 is 0 Å². The molecule has 1 N–H and O–H groups in total. The Kier molecular flexibility index (Phi) is 4.87. The highest BCUT2D eigenvalue weighted by molar-refractivity contribution is 5.59. The van der Waals surface area contributed by atoms with Gasteiger partial charge in [-0.05, 0) is 70.2 Å². The molecule has 1 aliphatic rings. The Bertz CT molecular complexity index is 396. The molecule has 106 valence electrons. The van der Waals surface area contributed by atoms with Crippen LogP contribution in [-0.4, -0.2) is 26.7 Å². The van der Waals surface area contributed by atoms with E-state index in [9.17, 15) is 0 Å². The first kappa shape index (κ1) is 14.4. The Labute approximate surface area is 118 Å². The first-order valence-corrected chi connectivity index (χ1v) is 7.57. The summed E-state index contributed by atoms with van der Waals surface area (Å²) in [5.41, 5.74) is 5.61. The SMILES string of the molecule is Cc1cc(C)c(N(C)CCC2CCNCC2)c(C)c1. The zero-order chi connectivity index (χ0) is 13.8. The summed E-state index contributed by atoms with van der Waals surface area (Å²) >= 11 is 0. The second-order valence-electron chi connectivity index (χ2n) is 6.15. The number of aryl methyl sites for hydroxylation is 3. The van der Waals surface area contributed by atoms with Crippen LogP contribution in [0, 0.1) is 26.7 Å². The van der Waals surface area contributed by atoms with E-state index in [0.717, 1.165) is 5.92 Å². The smallest absolute Gasteiger partial charge is 0.0423 e. The fourth-order valence-corrected chi connectivity index (χ4v) is 3.43. The van der Waals surface area contributed by atoms with Crippen molar-refractivity contribution in [1.82, 2.24) is 5.32 Å². The fourth-order valence-electron chi connectivity index (χ4n) is 3.43. The molecule has 0 atom stereocenters. The second-order valence-corrected chi connectivity index (χ2v) is 6.15. The van der Waals surface area contributed by atoms with Crippen LogP contribution < -0.4 is 10.2 Å². The Morgan fingerprint density at radius 2 is 1.68 bits per heavy atom. The van der Waals surface area contributed by atoms with Crippen molar-refractivity contribution in [2.75, 3.05) is 31.6 Å². The number of nitrogens with zero attached hydrogens (tertiary/aromatic N) is 1. The number of hydrogen-bond acceptors (Lipinski definition) is 2. The molecule has 0 saturated carbocycles. The quantitative estimate of drug-likeness (QED) is 0.892. The van der Waals surface area contributed by atoms with Gasteiger partial charge in [0.2, 0.25) is 0 Å².